The summed E-state index contributed by atoms with van der Waals surface area (Å²) in [5.74, 6) is -1.26. The first-order chi connectivity index (χ1) is 15.0. The van der Waals surface area contributed by atoms with Crippen LogP contribution in [0.1, 0.15) is 67.2 Å². The number of ether oxygens (including phenoxy) is 3. The van der Waals surface area contributed by atoms with Crippen molar-refractivity contribution in [2.75, 3.05) is 6.61 Å². The van der Waals surface area contributed by atoms with Crippen LogP contribution < -0.4 is 0 Å². The van der Waals surface area contributed by atoms with Crippen LogP contribution in [-0.2, 0) is 28.6 Å². The van der Waals surface area contributed by atoms with Gasteiger partial charge in [0.1, 0.15) is 6.61 Å². The van der Waals surface area contributed by atoms with Gasteiger partial charge in [0.25, 0.3) is 0 Å². The van der Waals surface area contributed by atoms with Gasteiger partial charge in [0.2, 0.25) is 0 Å². The van der Waals surface area contributed by atoms with E-state index < -0.39 is 24.1 Å². The van der Waals surface area contributed by atoms with E-state index in [0.717, 1.165) is 30.4 Å². The van der Waals surface area contributed by atoms with Crippen molar-refractivity contribution in [2.24, 2.45) is 0 Å². The highest BCUT2D eigenvalue weighted by molar-refractivity contribution is 5.93. The molecule has 1 fully saturated rings. The Morgan fingerprint density at radius 1 is 1.00 bits per heavy atom. The lowest BCUT2D eigenvalue weighted by molar-refractivity contribution is -0.148. The molecule has 0 radical (unpaired) electrons. The lowest BCUT2D eigenvalue weighted by atomic mass is 10.0. The molecule has 0 aromatic heterocycles. The van der Waals surface area contributed by atoms with Gasteiger partial charge in [0, 0.05) is 12.5 Å². The summed E-state index contributed by atoms with van der Waals surface area (Å²) in [6.07, 6.45) is 9.58. The maximum atomic E-state index is 12.3. The summed E-state index contributed by atoms with van der Waals surface area (Å²) in [7, 11) is 0. The van der Waals surface area contributed by atoms with E-state index in [-0.39, 0.29) is 12.6 Å². The van der Waals surface area contributed by atoms with Crippen LogP contribution in [0.4, 0.5) is 0 Å². The van der Waals surface area contributed by atoms with Crippen molar-refractivity contribution in [2.45, 2.75) is 79.4 Å². The van der Waals surface area contributed by atoms with Gasteiger partial charge in [-0.1, -0.05) is 35.5 Å². The van der Waals surface area contributed by atoms with E-state index in [1.165, 1.54) is 12.5 Å². The van der Waals surface area contributed by atoms with E-state index in [0.29, 0.717) is 17.6 Å². The predicted molar refractivity (Wildman–Crippen MR) is 125 cm³/mol. The summed E-state index contributed by atoms with van der Waals surface area (Å²) in [6.45, 7) is 14.6. The van der Waals surface area contributed by atoms with Crippen molar-refractivity contribution < 1.29 is 28.6 Å². The Balaban J connectivity index is 2.58. The van der Waals surface area contributed by atoms with Gasteiger partial charge in [0.05, 0.1) is 5.57 Å². The summed E-state index contributed by atoms with van der Waals surface area (Å²) < 4.78 is 15.8. The predicted octanol–water partition coefficient (Wildman–Crippen LogP) is 5.31. The number of esters is 3. The zero-order valence-corrected chi connectivity index (χ0v) is 20.2. The zero-order chi connectivity index (χ0) is 24.3. The molecule has 1 heterocycles. The van der Waals surface area contributed by atoms with Crippen LogP contribution in [0.25, 0.3) is 0 Å². The second-order valence-corrected chi connectivity index (χ2v) is 8.36. The Morgan fingerprint density at radius 2 is 1.62 bits per heavy atom. The fourth-order valence-corrected chi connectivity index (χ4v) is 3.09. The van der Waals surface area contributed by atoms with E-state index in [4.69, 9.17) is 14.2 Å². The fourth-order valence-electron chi connectivity index (χ4n) is 3.09. The third-order valence-corrected chi connectivity index (χ3v) is 4.80. The summed E-state index contributed by atoms with van der Waals surface area (Å²) >= 11 is 0. The fraction of sp³-hybridized carbons (Fsp3) is 0.500. The van der Waals surface area contributed by atoms with Crippen molar-refractivity contribution in [3.63, 3.8) is 0 Å². The summed E-state index contributed by atoms with van der Waals surface area (Å²) in [6, 6.07) is 0. The molecule has 1 rings (SSSR count). The van der Waals surface area contributed by atoms with E-state index in [9.17, 15) is 14.4 Å². The lowest BCUT2D eigenvalue weighted by Gasteiger charge is -2.15. The van der Waals surface area contributed by atoms with Crippen LogP contribution >= 0.6 is 0 Å². The molecule has 1 aliphatic rings. The average Bonchev–Trinajstić information content (AvgIpc) is 2.95. The Morgan fingerprint density at radius 3 is 2.22 bits per heavy atom. The Labute approximate surface area is 191 Å². The smallest absolute Gasteiger partial charge is 0.338 e. The van der Waals surface area contributed by atoms with Gasteiger partial charge >= 0.3 is 17.9 Å². The van der Waals surface area contributed by atoms with Crippen LogP contribution in [0.15, 0.2) is 58.7 Å². The van der Waals surface area contributed by atoms with Crippen LogP contribution in [0, 0.1) is 0 Å². The molecule has 1 saturated heterocycles. The van der Waals surface area contributed by atoms with Gasteiger partial charge in [-0.15, -0.1) is 0 Å². The third kappa shape index (κ3) is 9.94. The van der Waals surface area contributed by atoms with Crippen molar-refractivity contribution in [1.82, 2.24) is 0 Å². The Bertz CT molecular complexity index is 836. The molecule has 2 atom stereocenters. The average molecular weight is 445 g/mol. The number of carbonyl (C=O) groups excluding carboxylic acids is 3. The Hall–Kier alpha value is -2.89. The highest BCUT2D eigenvalue weighted by Gasteiger charge is 2.40. The van der Waals surface area contributed by atoms with Crippen LogP contribution in [0.3, 0.4) is 0 Å². The molecule has 2 unspecified atom stereocenters. The molecule has 0 N–H and O–H groups in total. The molecule has 6 heteroatoms. The first-order valence-electron chi connectivity index (χ1n) is 10.9. The number of allylic oxidation sites excluding steroid dienone is 5. The maximum Gasteiger partial charge on any atom is 0.338 e. The minimum absolute atomic E-state index is 0.251. The van der Waals surface area contributed by atoms with E-state index in [1.54, 1.807) is 13.0 Å². The van der Waals surface area contributed by atoms with Crippen molar-refractivity contribution >= 4 is 17.9 Å². The molecule has 176 valence electrons. The SMILES string of the molecule is C=C(C)C(=O)OCC=C(C)CCC=C(C)CCC=C1C(=O)OC(C=C(C)C)C1OC(C)=O. The van der Waals surface area contributed by atoms with Crippen LogP contribution in [0.5, 0.6) is 0 Å². The first kappa shape index (κ1) is 27.1. The molecular weight excluding hydrogens is 408 g/mol. The second kappa shape index (κ2) is 13.5. The second-order valence-electron chi connectivity index (χ2n) is 8.36. The number of hydrogen-bond acceptors (Lipinski definition) is 6. The standard InChI is InChI=1S/C26H36O6/c1-17(2)16-23-24(31-21(7)27)22(26(29)32-23)13-9-12-19(5)10-8-11-20(6)14-15-30-25(28)18(3)4/h10,13-14,16,23-24H,3,8-9,11-12,15H2,1-2,4-7H3. The minimum Gasteiger partial charge on any atom is -0.458 e. The van der Waals surface area contributed by atoms with Crippen LogP contribution in [-0.4, -0.2) is 36.7 Å². The molecule has 32 heavy (non-hydrogen) atoms. The third-order valence-electron chi connectivity index (χ3n) is 4.80. The maximum absolute atomic E-state index is 12.3. The first-order valence-corrected chi connectivity index (χ1v) is 10.9. The molecule has 0 bridgehead atoms. The monoisotopic (exact) mass is 444 g/mol. The number of hydrogen-bond donors (Lipinski definition) is 0. The number of rotatable bonds is 11. The summed E-state index contributed by atoms with van der Waals surface area (Å²) in [4.78, 5) is 35.1. The topological polar surface area (TPSA) is 78.9 Å². The van der Waals surface area contributed by atoms with E-state index in [1.807, 2.05) is 32.9 Å². The molecule has 0 aliphatic carbocycles. The van der Waals surface area contributed by atoms with Gasteiger partial charge < -0.3 is 14.2 Å². The molecule has 0 aromatic rings. The van der Waals surface area contributed by atoms with Crippen molar-refractivity contribution in [1.29, 1.82) is 0 Å². The zero-order valence-electron chi connectivity index (χ0n) is 20.2. The van der Waals surface area contributed by atoms with Crippen molar-refractivity contribution in [3.8, 4) is 0 Å². The van der Waals surface area contributed by atoms with Gasteiger partial charge in [0.15, 0.2) is 12.2 Å². The molecule has 0 saturated carbocycles. The van der Waals surface area contributed by atoms with Gasteiger partial charge in [-0.3, -0.25) is 4.79 Å². The number of carbonyl (C=O) groups is 3. The minimum atomic E-state index is -0.703. The molecule has 1 aliphatic heterocycles. The van der Waals surface area contributed by atoms with Gasteiger partial charge in [-0.25, -0.2) is 9.59 Å². The largest absolute Gasteiger partial charge is 0.458 e. The molecule has 0 amide bonds. The summed E-state index contributed by atoms with van der Waals surface area (Å²) in [5.41, 5.74) is 4.13. The lowest BCUT2D eigenvalue weighted by Crippen LogP contribution is -2.26. The highest BCUT2D eigenvalue weighted by atomic mass is 16.6. The van der Waals surface area contributed by atoms with E-state index >= 15 is 0 Å². The molecule has 0 aromatic carbocycles. The number of cyclic esters (lactones) is 1. The quantitative estimate of drug-likeness (QED) is 0.186. The normalized spacial score (nSPS) is 20.1. The highest BCUT2D eigenvalue weighted by Crippen LogP contribution is 2.27. The van der Waals surface area contributed by atoms with Gasteiger partial charge in [-0.05, 0) is 72.5 Å². The van der Waals surface area contributed by atoms with Gasteiger partial charge in [-0.2, -0.15) is 0 Å². The van der Waals surface area contributed by atoms with Crippen LogP contribution in [0.2, 0.25) is 0 Å². The summed E-state index contributed by atoms with van der Waals surface area (Å²) in [5, 5.41) is 0. The molecule has 0 spiro atoms. The van der Waals surface area contributed by atoms with Crippen molar-refractivity contribution in [3.05, 3.63) is 58.7 Å². The van der Waals surface area contributed by atoms with E-state index in [2.05, 4.69) is 19.6 Å². The molecular formula is C26H36O6. The Kier molecular flexibility index (Phi) is 11.5. The molecule has 6 nitrogen and oxygen atoms in total.